The van der Waals surface area contributed by atoms with Crippen LogP contribution < -0.4 is 5.32 Å². The normalized spacial score (nSPS) is 13.0. The highest BCUT2D eigenvalue weighted by molar-refractivity contribution is 7.99. The summed E-state index contributed by atoms with van der Waals surface area (Å²) in [5.41, 5.74) is 4.12. The van der Waals surface area contributed by atoms with Gasteiger partial charge < -0.3 is 5.32 Å². The fraction of sp³-hybridized carbons (Fsp3) is 0.348. The van der Waals surface area contributed by atoms with Gasteiger partial charge in [-0.2, -0.15) is 11.8 Å². The molecule has 5 nitrogen and oxygen atoms in total. The maximum Gasteiger partial charge on any atom is 0.261 e. The summed E-state index contributed by atoms with van der Waals surface area (Å²) in [5, 5.41) is 3.03. The Labute approximate surface area is 175 Å². The van der Waals surface area contributed by atoms with Gasteiger partial charge in [-0.15, -0.1) is 0 Å². The van der Waals surface area contributed by atoms with E-state index in [2.05, 4.69) is 12.2 Å². The van der Waals surface area contributed by atoms with Crippen LogP contribution in [0.2, 0.25) is 0 Å². The number of anilines is 1. The van der Waals surface area contributed by atoms with E-state index < -0.39 is 0 Å². The molecular formula is C23H26N2O3S. The van der Waals surface area contributed by atoms with Crippen molar-refractivity contribution in [2.75, 3.05) is 23.4 Å². The Morgan fingerprint density at radius 1 is 1.00 bits per heavy atom. The number of fused-ring (bicyclic) bond motifs is 1. The third-order valence-electron chi connectivity index (χ3n) is 5.04. The molecule has 2 aromatic carbocycles. The van der Waals surface area contributed by atoms with E-state index in [0.29, 0.717) is 23.4 Å². The molecule has 0 radical (unpaired) electrons. The van der Waals surface area contributed by atoms with Gasteiger partial charge in [-0.3, -0.25) is 19.3 Å². The Morgan fingerprint density at radius 3 is 2.34 bits per heavy atom. The van der Waals surface area contributed by atoms with Gasteiger partial charge >= 0.3 is 0 Å². The number of rotatable bonds is 9. The van der Waals surface area contributed by atoms with Crippen molar-refractivity contribution < 1.29 is 14.4 Å². The number of carbonyl (C=O) groups is 3. The number of nitrogens with zero attached hydrogens (tertiary/aromatic N) is 1. The number of aryl methyl sites for hydroxylation is 2. The third-order valence-corrected chi connectivity index (χ3v) is 6.08. The second kappa shape index (κ2) is 9.74. The van der Waals surface area contributed by atoms with Gasteiger partial charge in [0.05, 0.1) is 16.9 Å². The topological polar surface area (TPSA) is 66.5 Å². The van der Waals surface area contributed by atoms with E-state index in [1.165, 1.54) is 4.90 Å². The molecule has 1 aliphatic heterocycles. The molecule has 0 fully saturated rings. The van der Waals surface area contributed by atoms with Gasteiger partial charge in [0.1, 0.15) is 0 Å². The highest BCUT2D eigenvalue weighted by Gasteiger charge is 2.34. The minimum Gasteiger partial charge on any atom is -0.325 e. The molecule has 0 bridgehead atoms. The van der Waals surface area contributed by atoms with Crippen molar-refractivity contribution in [3.63, 3.8) is 0 Å². The van der Waals surface area contributed by atoms with Crippen molar-refractivity contribution in [1.82, 2.24) is 4.90 Å². The maximum absolute atomic E-state index is 12.3. The van der Waals surface area contributed by atoms with E-state index in [4.69, 9.17) is 0 Å². The van der Waals surface area contributed by atoms with E-state index in [0.717, 1.165) is 41.8 Å². The molecule has 0 aliphatic carbocycles. The number of nitrogens with one attached hydrogen (secondary N) is 1. The smallest absolute Gasteiger partial charge is 0.261 e. The van der Waals surface area contributed by atoms with Crippen LogP contribution in [0.1, 0.15) is 51.6 Å². The number of amides is 3. The predicted octanol–water partition coefficient (Wildman–Crippen LogP) is 4.31. The van der Waals surface area contributed by atoms with Gasteiger partial charge in [0.2, 0.25) is 5.91 Å². The van der Waals surface area contributed by atoms with Crippen molar-refractivity contribution in [2.24, 2.45) is 0 Å². The first-order valence-electron chi connectivity index (χ1n) is 9.94. The van der Waals surface area contributed by atoms with E-state index >= 15 is 0 Å². The molecule has 6 heteroatoms. The lowest BCUT2D eigenvalue weighted by atomic mass is 10.1. The number of thioether (sulfide) groups is 1. The van der Waals surface area contributed by atoms with Gasteiger partial charge in [0, 0.05) is 12.2 Å². The third kappa shape index (κ3) is 4.88. The molecule has 0 saturated heterocycles. The van der Waals surface area contributed by atoms with Crippen LogP contribution in [0.4, 0.5) is 5.69 Å². The summed E-state index contributed by atoms with van der Waals surface area (Å²) in [6, 6.07) is 13.0. The summed E-state index contributed by atoms with van der Waals surface area (Å²) in [6.45, 7) is 4.50. The Bertz CT molecular complexity index is 891. The van der Waals surface area contributed by atoms with Crippen molar-refractivity contribution in [1.29, 1.82) is 0 Å². The lowest BCUT2D eigenvalue weighted by Gasteiger charge is -2.14. The summed E-state index contributed by atoms with van der Waals surface area (Å²) in [6.07, 6.45) is 2.45. The number of carbonyl (C=O) groups excluding carboxylic acids is 3. The number of para-hydroxylation sites is 1. The molecular weight excluding hydrogens is 384 g/mol. The largest absolute Gasteiger partial charge is 0.325 e. The SMILES string of the molecule is CCc1cccc(C)c1NC(=O)CSCCCCN1C(=O)c2ccccc2C1=O. The van der Waals surface area contributed by atoms with Crippen LogP contribution in [-0.2, 0) is 11.2 Å². The summed E-state index contributed by atoms with van der Waals surface area (Å²) in [5.74, 6) is 0.791. The standard InChI is InChI=1S/C23H26N2O3S/c1-3-17-10-8-9-16(2)21(17)24-20(26)15-29-14-7-6-13-25-22(27)18-11-4-5-12-19(18)23(25)28/h4-5,8-12H,3,6-7,13-15H2,1-2H3,(H,24,26). The minimum atomic E-state index is -0.206. The second-order valence-corrected chi connectivity index (χ2v) is 8.18. The number of imide groups is 1. The van der Waals surface area contributed by atoms with Crippen LogP contribution in [0.15, 0.2) is 42.5 Å². The average Bonchev–Trinajstić information content (AvgIpc) is 2.97. The molecule has 0 aromatic heterocycles. The summed E-state index contributed by atoms with van der Waals surface area (Å²) in [4.78, 5) is 38.2. The van der Waals surface area contributed by atoms with Crippen LogP contribution in [0.5, 0.6) is 0 Å². The monoisotopic (exact) mass is 410 g/mol. The van der Waals surface area contributed by atoms with Crippen LogP contribution >= 0.6 is 11.8 Å². The zero-order valence-electron chi connectivity index (χ0n) is 16.9. The average molecular weight is 411 g/mol. The van der Waals surface area contributed by atoms with Crippen LogP contribution in [0.3, 0.4) is 0 Å². The molecule has 1 heterocycles. The lowest BCUT2D eigenvalue weighted by molar-refractivity contribution is -0.113. The zero-order valence-corrected chi connectivity index (χ0v) is 17.7. The van der Waals surface area contributed by atoms with Gasteiger partial charge in [0.25, 0.3) is 11.8 Å². The number of unbranched alkanes of at least 4 members (excludes halogenated alkanes) is 1. The molecule has 0 spiro atoms. The number of benzene rings is 2. The summed E-state index contributed by atoms with van der Waals surface area (Å²) >= 11 is 1.57. The summed E-state index contributed by atoms with van der Waals surface area (Å²) in [7, 11) is 0. The van der Waals surface area contributed by atoms with E-state index in [9.17, 15) is 14.4 Å². The quantitative estimate of drug-likeness (QED) is 0.494. The first kappa shape index (κ1) is 21.1. The molecule has 0 unspecified atom stereocenters. The first-order valence-corrected chi connectivity index (χ1v) is 11.1. The first-order chi connectivity index (χ1) is 14.0. The maximum atomic E-state index is 12.3. The molecule has 3 rings (SSSR count). The van der Waals surface area contributed by atoms with Crippen molar-refractivity contribution in [2.45, 2.75) is 33.1 Å². The lowest BCUT2D eigenvalue weighted by Crippen LogP contribution is -2.30. The molecule has 152 valence electrons. The van der Waals surface area contributed by atoms with E-state index in [-0.39, 0.29) is 17.7 Å². The Hall–Kier alpha value is -2.60. The highest BCUT2D eigenvalue weighted by atomic mass is 32.2. The van der Waals surface area contributed by atoms with Gasteiger partial charge in [-0.25, -0.2) is 0 Å². The Morgan fingerprint density at radius 2 is 1.69 bits per heavy atom. The molecule has 0 atom stereocenters. The highest BCUT2D eigenvalue weighted by Crippen LogP contribution is 2.23. The molecule has 1 N–H and O–H groups in total. The molecule has 2 aromatic rings. The number of hydrogen-bond acceptors (Lipinski definition) is 4. The van der Waals surface area contributed by atoms with Crippen molar-refractivity contribution in [3.05, 3.63) is 64.7 Å². The predicted molar refractivity (Wildman–Crippen MR) is 118 cm³/mol. The van der Waals surface area contributed by atoms with Crippen molar-refractivity contribution in [3.8, 4) is 0 Å². The fourth-order valence-corrected chi connectivity index (χ4v) is 4.27. The van der Waals surface area contributed by atoms with Gasteiger partial charge in [-0.1, -0.05) is 37.3 Å². The number of hydrogen-bond donors (Lipinski definition) is 1. The van der Waals surface area contributed by atoms with Crippen LogP contribution in [0.25, 0.3) is 0 Å². The van der Waals surface area contributed by atoms with Gasteiger partial charge in [-0.05, 0) is 55.2 Å². The second-order valence-electron chi connectivity index (χ2n) is 7.08. The van der Waals surface area contributed by atoms with Gasteiger partial charge in [0.15, 0.2) is 0 Å². The van der Waals surface area contributed by atoms with E-state index in [1.807, 2.05) is 25.1 Å². The van der Waals surface area contributed by atoms with Crippen molar-refractivity contribution >= 4 is 35.2 Å². The molecule has 29 heavy (non-hydrogen) atoms. The zero-order chi connectivity index (χ0) is 20.8. The van der Waals surface area contributed by atoms with E-state index in [1.54, 1.807) is 36.0 Å². The summed E-state index contributed by atoms with van der Waals surface area (Å²) < 4.78 is 0. The fourth-order valence-electron chi connectivity index (χ4n) is 3.46. The Kier molecular flexibility index (Phi) is 7.09. The molecule has 0 saturated carbocycles. The van der Waals surface area contributed by atoms with Crippen LogP contribution in [-0.4, -0.2) is 40.7 Å². The Balaban J connectivity index is 1.37. The minimum absolute atomic E-state index is 0.000604. The van der Waals surface area contributed by atoms with Crippen LogP contribution in [0, 0.1) is 6.92 Å². The molecule has 3 amide bonds. The molecule has 1 aliphatic rings.